The molecule has 17 heavy (non-hydrogen) atoms. The number of carbonyl (C=O) groups excluding carboxylic acids is 2. The van der Waals surface area contributed by atoms with Crippen LogP contribution in [0.15, 0.2) is 11.8 Å². The summed E-state index contributed by atoms with van der Waals surface area (Å²) in [4.78, 5) is 21.0. The first-order valence-electron chi connectivity index (χ1n) is 5.50. The highest BCUT2D eigenvalue weighted by Crippen LogP contribution is 2.07. The molecule has 0 rings (SSSR count). The molecule has 0 amide bonds. The Morgan fingerprint density at radius 1 is 1.12 bits per heavy atom. The van der Waals surface area contributed by atoms with E-state index in [0.29, 0.717) is 5.76 Å². The Morgan fingerprint density at radius 2 is 1.59 bits per heavy atom. The van der Waals surface area contributed by atoms with Crippen molar-refractivity contribution >= 4 is 27.2 Å². The van der Waals surface area contributed by atoms with Crippen LogP contribution in [0.2, 0.25) is 0 Å². The smallest absolute Gasteiger partial charge is 0.602 e. The second kappa shape index (κ2) is 8.43. The van der Waals surface area contributed by atoms with Crippen molar-refractivity contribution in [1.82, 2.24) is 0 Å². The van der Waals surface area contributed by atoms with Crippen molar-refractivity contribution < 1.29 is 21.0 Å². The predicted molar refractivity (Wildman–Crippen MR) is 64.1 cm³/mol. The fraction of sp³-hybridized carbons (Fsp3) is 0.636. The average molecular weight is 258 g/mol. The lowest BCUT2D eigenvalue weighted by Crippen LogP contribution is -2.32. The quantitative estimate of drug-likeness (QED) is 0.217. The minimum Gasteiger partial charge on any atom is -0.602 e. The molecule has 0 heterocycles. The summed E-state index contributed by atoms with van der Waals surface area (Å²) in [6, 6.07) is 0. The lowest BCUT2D eigenvalue weighted by atomic mass is 10.4. The number of rotatable bonds is 8. The molecule has 0 aliphatic rings. The van der Waals surface area contributed by atoms with Crippen molar-refractivity contribution in [2.45, 2.75) is 46.8 Å². The molecular formula is C11H19AlO5. The normalized spacial score (nSPS) is 11.8. The number of allylic oxidation sites excluding steroid dienone is 2. The topological polar surface area (TPSA) is 61.8 Å². The molecule has 0 N–H and O–H groups in total. The highest BCUT2D eigenvalue weighted by atomic mass is 27.3. The molecule has 0 aromatic carbocycles. The molecule has 6 heteroatoms. The number of hydrogen-bond donors (Lipinski definition) is 0. The standard InChI is InChI=1S/C5H6O3.2C3H7O.Al/c1-4(7)2-5(8)3-6;2*1-3(2)4;/h2-3,7H,1H3;2*3H,1-2H3;/q;2*-1;+3/p-1. The van der Waals surface area contributed by atoms with E-state index in [-0.39, 0.29) is 18.5 Å². The van der Waals surface area contributed by atoms with Crippen molar-refractivity contribution in [3.05, 3.63) is 11.8 Å². The van der Waals surface area contributed by atoms with Crippen molar-refractivity contribution in [2.75, 3.05) is 0 Å². The predicted octanol–water partition coefficient (Wildman–Crippen LogP) is 1.51. The highest BCUT2D eigenvalue weighted by Gasteiger charge is 2.37. The maximum atomic E-state index is 10.9. The summed E-state index contributed by atoms with van der Waals surface area (Å²) in [6.45, 7) is 9.10. The van der Waals surface area contributed by atoms with Gasteiger partial charge in [0.15, 0.2) is 6.29 Å². The number of ketones is 1. The van der Waals surface area contributed by atoms with Crippen molar-refractivity contribution in [3.63, 3.8) is 0 Å². The van der Waals surface area contributed by atoms with Crippen LogP contribution >= 0.6 is 0 Å². The van der Waals surface area contributed by atoms with Crippen LogP contribution in [-0.4, -0.2) is 39.4 Å². The van der Waals surface area contributed by atoms with E-state index in [1.54, 1.807) is 6.92 Å². The van der Waals surface area contributed by atoms with E-state index < -0.39 is 20.9 Å². The molecule has 0 aliphatic heterocycles. The monoisotopic (exact) mass is 258 g/mol. The van der Waals surface area contributed by atoms with Gasteiger partial charge in [-0.15, -0.1) is 0 Å². The van der Waals surface area contributed by atoms with Gasteiger partial charge in [-0.1, -0.05) is 0 Å². The van der Waals surface area contributed by atoms with Crippen LogP contribution in [0, 0.1) is 0 Å². The fourth-order valence-corrected chi connectivity index (χ4v) is 2.39. The van der Waals surface area contributed by atoms with Gasteiger partial charge < -0.3 is 11.4 Å². The zero-order valence-corrected chi connectivity index (χ0v) is 12.1. The fourth-order valence-electron chi connectivity index (χ4n) is 0.952. The Morgan fingerprint density at radius 3 is 1.94 bits per heavy atom. The second-order valence-electron chi connectivity index (χ2n) is 4.05. The van der Waals surface area contributed by atoms with E-state index in [9.17, 15) is 9.59 Å². The van der Waals surface area contributed by atoms with Gasteiger partial charge in [-0.05, 0) is 34.6 Å². The van der Waals surface area contributed by atoms with Crippen LogP contribution in [0.3, 0.4) is 0 Å². The molecule has 0 unspecified atom stereocenters. The Balaban J connectivity index is 4.45. The van der Waals surface area contributed by atoms with Crippen LogP contribution in [-0.2, 0) is 21.0 Å². The zero-order valence-electron chi connectivity index (χ0n) is 10.9. The summed E-state index contributed by atoms with van der Waals surface area (Å²) in [5, 5.41) is 0. The van der Waals surface area contributed by atoms with E-state index in [0.717, 1.165) is 6.08 Å². The second-order valence-corrected chi connectivity index (χ2v) is 5.41. The Kier molecular flexibility index (Phi) is 8.10. The summed E-state index contributed by atoms with van der Waals surface area (Å²) in [5.41, 5.74) is 0. The van der Waals surface area contributed by atoms with Crippen LogP contribution in [0.25, 0.3) is 0 Å². The molecule has 0 saturated heterocycles. The highest BCUT2D eigenvalue weighted by molar-refractivity contribution is 6.37. The van der Waals surface area contributed by atoms with Crippen LogP contribution in [0.1, 0.15) is 34.6 Å². The lowest BCUT2D eigenvalue weighted by Gasteiger charge is -2.18. The SMILES string of the molecule is CC(=CC(=O)C=O)[O][Al]([O]C(C)C)[O]C(C)C. The molecule has 0 radical (unpaired) electrons. The van der Waals surface area contributed by atoms with Gasteiger partial charge in [-0.2, -0.15) is 0 Å². The molecule has 0 bridgehead atoms. The number of carbonyl (C=O) groups is 2. The van der Waals surface area contributed by atoms with Gasteiger partial charge in [-0.25, -0.2) is 0 Å². The zero-order chi connectivity index (χ0) is 13.4. The summed E-state index contributed by atoms with van der Waals surface area (Å²) in [7, 11) is 0. The third kappa shape index (κ3) is 9.07. The minimum atomic E-state index is -2.31. The molecular weight excluding hydrogens is 239 g/mol. The van der Waals surface area contributed by atoms with Crippen molar-refractivity contribution in [1.29, 1.82) is 0 Å². The van der Waals surface area contributed by atoms with E-state index in [2.05, 4.69) is 0 Å². The van der Waals surface area contributed by atoms with E-state index in [4.69, 9.17) is 11.4 Å². The molecule has 0 aromatic heterocycles. The van der Waals surface area contributed by atoms with Gasteiger partial charge in [0.1, 0.15) is 0 Å². The first-order valence-corrected chi connectivity index (χ1v) is 6.91. The number of hydrogen-bond acceptors (Lipinski definition) is 5. The van der Waals surface area contributed by atoms with E-state index in [1.165, 1.54) is 0 Å². The van der Waals surface area contributed by atoms with Gasteiger partial charge in [0, 0.05) is 18.3 Å². The van der Waals surface area contributed by atoms with Gasteiger partial charge in [0.25, 0.3) is 0 Å². The molecule has 96 valence electrons. The summed E-state index contributed by atoms with van der Waals surface area (Å²) in [5.74, 6) is -0.301. The van der Waals surface area contributed by atoms with Crippen molar-refractivity contribution in [3.8, 4) is 0 Å². The third-order valence-corrected chi connectivity index (χ3v) is 3.61. The Bertz CT molecular complexity index is 276. The van der Waals surface area contributed by atoms with Crippen molar-refractivity contribution in [2.24, 2.45) is 0 Å². The van der Waals surface area contributed by atoms with E-state index in [1.807, 2.05) is 27.7 Å². The average Bonchev–Trinajstić information content (AvgIpc) is 2.14. The molecule has 0 atom stereocenters. The molecule has 0 spiro atoms. The lowest BCUT2D eigenvalue weighted by molar-refractivity contribution is -0.126. The maximum absolute atomic E-state index is 10.9. The molecule has 0 fully saturated rings. The largest absolute Gasteiger partial charge is 1.00 e. The van der Waals surface area contributed by atoms with Crippen LogP contribution in [0.5, 0.6) is 0 Å². The van der Waals surface area contributed by atoms with Gasteiger partial charge >= 0.3 is 15.1 Å². The maximum Gasteiger partial charge on any atom is 1.00 e. The Hall–Kier alpha value is -0.668. The molecule has 0 aromatic rings. The first-order chi connectivity index (χ1) is 7.85. The Labute approximate surface area is 107 Å². The first kappa shape index (κ1) is 16.3. The minimum absolute atomic E-state index is 0.0139. The van der Waals surface area contributed by atoms with Gasteiger partial charge in [-0.3, -0.25) is 9.59 Å². The van der Waals surface area contributed by atoms with Gasteiger partial charge in [0.05, 0.1) is 5.76 Å². The number of aldehydes is 1. The van der Waals surface area contributed by atoms with Crippen LogP contribution in [0.4, 0.5) is 0 Å². The summed E-state index contributed by atoms with van der Waals surface area (Å²) in [6.07, 6.45) is 1.33. The van der Waals surface area contributed by atoms with Crippen LogP contribution < -0.4 is 0 Å². The molecule has 5 nitrogen and oxygen atoms in total. The molecule has 0 aliphatic carbocycles. The summed E-state index contributed by atoms with van der Waals surface area (Å²) < 4.78 is 16.4. The molecule has 0 saturated carbocycles. The third-order valence-electron chi connectivity index (χ3n) is 1.51. The van der Waals surface area contributed by atoms with E-state index >= 15 is 0 Å². The summed E-state index contributed by atoms with van der Waals surface area (Å²) >= 11 is -2.31. The van der Waals surface area contributed by atoms with Gasteiger partial charge in [0.2, 0.25) is 5.78 Å².